The zero-order chi connectivity index (χ0) is 14.0. The predicted molar refractivity (Wildman–Crippen MR) is 74.0 cm³/mol. The van der Waals surface area contributed by atoms with Crippen molar-refractivity contribution in [2.75, 3.05) is 20.8 Å². The number of amides is 1. The smallest absolute Gasteiger partial charge is 0.240 e. The number of benzene rings is 1. The van der Waals surface area contributed by atoms with Gasteiger partial charge in [-0.2, -0.15) is 0 Å². The van der Waals surface area contributed by atoms with E-state index in [0.717, 1.165) is 17.7 Å². The Kier molecular flexibility index (Phi) is 4.20. The van der Waals surface area contributed by atoms with Crippen molar-refractivity contribution in [2.24, 2.45) is 0 Å². The minimum atomic E-state index is -0.485. The lowest BCUT2D eigenvalue weighted by Gasteiger charge is -2.30. The van der Waals surface area contributed by atoms with E-state index in [2.05, 4.69) is 0 Å². The number of hydrogen-bond acceptors (Lipinski definition) is 3. The molecular weight excluding hydrogens is 266 g/mol. The zero-order valence-electron chi connectivity index (χ0n) is 11.4. The predicted octanol–water partition coefficient (Wildman–Crippen LogP) is 2.22. The molecule has 1 aromatic carbocycles. The average Bonchev–Trinajstić information content (AvgIpc) is 2.44. The number of methoxy groups -OCH3 is 2. The summed E-state index contributed by atoms with van der Waals surface area (Å²) in [5.74, 6) is 1.39. The number of alkyl halides is 1. The van der Waals surface area contributed by atoms with Gasteiger partial charge in [0.05, 0.1) is 14.2 Å². The van der Waals surface area contributed by atoms with Crippen LogP contribution in [0.25, 0.3) is 0 Å². The minimum Gasteiger partial charge on any atom is -0.493 e. The maximum Gasteiger partial charge on any atom is 0.240 e. The molecule has 1 heterocycles. The van der Waals surface area contributed by atoms with Crippen molar-refractivity contribution in [3.05, 3.63) is 23.3 Å². The number of halogens is 1. The van der Waals surface area contributed by atoms with Gasteiger partial charge in [0.2, 0.25) is 5.91 Å². The number of hydrogen-bond donors (Lipinski definition) is 0. The third-order valence-electron chi connectivity index (χ3n) is 3.37. The number of fused-ring (bicyclic) bond motifs is 1. The van der Waals surface area contributed by atoms with Gasteiger partial charge in [-0.25, -0.2) is 0 Å². The summed E-state index contributed by atoms with van der Waals surface area (Å²) in [6.45, 7) is 2.97. The molecule has 4 nitrogen and oxygen atoms in total. The van der Waals surface area contributed by atoms with Gasteiger partial charge in [0.15, 0.2) is 11.5 Å². The van der Waals surface area contributed by atoms with Gasteiger partial charge in [0.25, 0.3) is 0 Å². The summed E-state index contributed by atoms with van der Waals surface area (Å²) < 4.78 is 10.6. The summed E-state index contributed by atoms with van der Waals surface area (Å²) in [7, 11) is 3.23. The summed E-state index contributed by atoms with van der Waals surface area (Å²) in [4.78, 5) is 13.7. The molecule has 0 aromatic heterocycles. The molecular formula is C14H18ClNO3. The van der Waals surface area contributed by atoms with E-state index in [0.29, 0.717) is 18.8 Å². The molecule has 0 bridgehead atoms. The quantitative estimate of drug-likeness (QED) is 0.799. The Labute approximate surface area is 118 Å². The second-order valence-corrected chi connectivity index (χ2v) is 5.26. The van der Waals surface area contributed by atoms with Crippen molar-refractivity contribution in [3.8, 4) is 11.5 Å². The van der Waals surface area contributed by atoms with Gasteiger partial charge in [0.1, 0.15) is 5.38 Å². The second kappa shape index (κ2) is 5.70. The van der Waals surface area contributed by atoms with Gasteiger partial charge in [-0.05, 0) is 36.6 Å². The maximum atomic E-state index is 11.9. The molecule has 1 aliphatic rings. The summed E-state index contributed by atoms with van der Waals surface area (Å²) in [5, 5.41) is -0.485. The van der Waals surface area contributed by atoms with Crippen LogP contribution in [0.4, 0.5) is 0 Å². The van der Waals surface area contributed by atoms with Crippen LogP contribution >= 0.6 is 11.6 Å². The topological polar surface area (TPSA) is 38.8 Å². The summed E-state index contributed by atoms with van der Waals surface area (Å²) in [6, 6.07) is 3.92. The van der Waals surface area contributed by atoms with Crippen LogP contribution in [0.1, 0.15) is 18.1 Å². The van der Waals surface area contributed by atoms with Crippen LogP contribution in [0.15, 0.2) is 12.1 Å². The van der Waals surface area contributed by atoms with Gasteiger partial charge in [-0.15, -0.1) is 11.6 Å². The molecule has 1 aliphatic heterocycles. The standard InChI is InChI=1S/C14H18ClNO3/c1-9(15)14(17)16-5-4-10-6-12(18-2)13(19-3)7-11(10)8-16/h6-7,9H,4-5,8H2,1-3H3. The van der Waals surface area contributed by atoms with Crippen molar-refractivity contribution in [3.63, 3.8) is 0 Å². The Bertz CT molecular complexity index is 488. The van der Waals surface area contributed by atoms with Crippen molar-refractivity contribution in [2.45, 2.75) is 25.3 Å². The van der Waals surface area contributed by atoms with E-state index in [1.165, 1.54) is 5.56 Å². The molecule has 5 heteroatoms. The first-order valence-electron chi connectivity index (χ1n) is 6.23. The number of ether oxygens (including phenoxy) is 2. The van der Waals surface area contributed by atoms with Gasteiger partial charge in [0, 0.05) is 13.1 Å². The normalized spacial score (nSPS) is 15.7. The van der Waals surface area contributed by atoms with E-state index >= 15 is 0 Å². The number of carbonyl (C=O) groups excluding carboxylic acids is 1. The van der Waals surface area contributed by atoms with E-state index in [4.69, 9.17) is 21.1 Å². The molecule has 1 amide bonds. The van der Waals surface area contributed by atoms with Gasteiger partial charge in [-0.1, -0.05) is 0 Å². The Morgan fingerprint density at radius 3 is 2.37 bits per heavy atom. The van der Waals surface area contributed by atoms with Crippen LogP contribution in [0, 0.1) is 0 Å². The number of carbonyl (C=O) groups is 1. The molecule has 0 saturated carbocycles. The van der Waals surface area contributed by atoms with Crippen LogP contribution < -0.4 is 9.47 Å². The van der Waals surface area contributed by atoms with Crippen LogP contribution in [-0.4, -0.2) is 36.9 Å². The largest absolute Gasteiger partial charge is 0.493 e. The van der Waals surface area contributed by atoms with Crippen LogP contribution in [-0.2, 0) is 17.8 Å². The van der Waals surface area contributed by atoms with E-state index in [1.807, 2.05) is 12.1 Å². The third kappa shape index (κ3) is 2.78. The Balaban J connectivity index is 2.27. The van der Waals surface area contributed by atoms with E-state index in [9.17, 15) is 4.79 Å². The molecule has 19 heavy (non-hydrogen) atoms. The zero-order valence-corrected chi connectivity index (χ0v) is 12.2. The molecule has 0 spiro atoms. The number of nitrogens with zero attached hydrogens (tertiary/aromatic N) is 1. The van der Waals surface area contributed by atoms with E-state index < -0.39 is 5.38 Å². The first-order valence-corrected chi connectivity index (χ1v) is 6.67. The van der Waals surface area contributed by atoms with Crippen LogP contribution in [0.2, 0.25) is 0 Å². The molecule has 1 unspecified atom stereocenters. The molecule has 104 valence electrons. The molecule has 0 saturated heterocycles. The molecule has 0 fully saturated rings. The molecule has 1 atom stereocenters. The van der Waals surface area contributed by atoms with E-state index in [1.54, 1.807) is 26.0 Å². The summed E-state index contributed by atoms with van der Waals surface area (Å²) in [5.41, 5.74) is 2.29. The highest BCUT2D eigenvalue weighted by Gasteiger charge is 2.24. The fourth-order valence-corrected chi connectivity index (χ4v) is 2.46. The lowest BCUT2D eigenvalue weighted by atomic mass is 9.98. The van der Waals surface area contributed by atoms with Gasteiger partial charge in [-0.3, -0.25) is 4.79 Å². The Morgan fingerprint density at radius 1 is 1.26 bits per heavy atom. The highest BCUT2D eigenvalue weighted by Crippen LogP contribution is 2.33. The second-order valence-electron chi connectivity index (χ2n) is 4.60. The molecule has 2 rings (SSSR count). The van der Waals surface area contributed by atoms with Crippen molar-refractivity contribution in [1.82, 2.24) is 4.90 Å². The SMILES string of the molecule is COc1cc2c(cc1OC)CN(C(=O)C(C)Cl)CC2. The monoisotopic (exact) mass is 283 g/mol. The Morgan fingerprint density at radius 2 is 1.84 bits per heavy atom. The minimum absolute atomic E-state index is 0.0258. The molecule has 1 aromatic rings. The molecule has 0 N–H and O–H groups in total. The van der Waals surface area contributed by atoms with Crippen LogP contribution in [0.5, 0.6) is 11.5 Å². The van der Waals surface area contributed by atoms with E-state index in [-0.39, 0.29) is 5.91 Å². The summed E-state index contributed by atoms with van der Waals surface area (Å²) in [6.07, 6.45) is 0.811. The lowest BCUT2D eigenvalue weighted by molar-refractivity contribution is -0.131. The highest BCUT2D eigenvalue weighted by atomic mass is 35.5. The van der Waals surface area contributed by atoms with Crippen molar-refractivity contribution in [1.29, 1.82) is 0 Å². The average molecular weight is 284 g/mol. The lowest BCUT2D eigenvalue weighted by Crippen LogP contribution is -2.39. The first kappa shape index (κ1) is 14.0. The fraction of sp³-hybridized carbons (Fsp3) is 0.500. The molecule has 0 radical (unpaired) electrons. The fourth-order valence-electron chi connectivity index (χ4n) is 2.32. The van der Waals surface area contributed by atoms with Crippen molar-refractivity contribution < 1.29 is 14.3 Å². The van der Waals surface area contributed by atoms with Crippen LogP contribution in [0.3, 0.4) is 0 Å². The summed E-state index contributed by atoms with van der Waals surface area (Å²) >= 11 is 5.86. The maximum absolute atomic E-state index is 11.9. The molecule has 0 aliphatic carbocycles. The Hall–Kier alpha value is -1.42. The van der Waals surface area contributed by atoms with Gasteiger partial charge >= 0.3 is 0 Å². The highest BCUT2D eigenvalue weighted by molar-refractivity contribution is 6.30. The first-order chi connectivity index (χ1) is 9.06. The third-order valence-corrected chi connectivity index (χ3v) is 3.56. The van der Waals surface area contributed by atoms with Crippen molar-refractivity contribution >= 4 is 17.5 Å². The van der Waals surface area contributed by atoms with Gasteiger partial charge < -0.3 is 14.4 Å². The number of rotatable bonds is 3.